The molecule has 0 spiro atoms. The van der Waals surface area contributed by atoms with E-state index in [1.807, 2.05) is 4.72 Å². The highest BCUT2D eigenvalue weighted by Gasteiger charge is 2.26. The van der Waals surface area contributed by atoms with Crippen molar-refractivity contribution in [1.82, 2.24) is 4.72 Å². The second-order valence-electron chi connectivity index (χ2n) is 3.60. The molecule has 1 aromatic rings. The van der Waals surface area contributed by atoms with Crippen molar-refractivity contribution in [2.24, 2.45) is 0 Å². The molecule has 2 N–H and O–H groups in total. The number of rotatable bonds is 5. The molecule has 0 amide bonds. The number of nitrogens with one attached hydrogen (secondary N) is 1. The molecule has 1 rings (SSSR count). The Kier molecular flexibility index (Phi) is 5.19. The summed E-state index contributed by atoms with van der Waals surface area (Å²) in [6.45, 7) is 1.21. The second kappa shape index (κ2) is 6.08. The molecule has 6 nitrogen and oxygen atoms in total. The lowest BCUT2D eigenvalue weighted by molar-refractivity contribution is -0.138. The molecule has 0 aliphatic rings. The monoisotopic (exact) mass is 371 g/mol. The summed E-state index contributed by atoms with van der Waals surface area (Å²) < 4.78 is 31.5. The Labute approximate surface area is 123 Å². The van der Waals surface area contributed by atoms with Crippen molar-refractivity contribution in [1.29, 1.82) is 0 Å². The van der Waals surface area contributed by atoms with E-state index >= 15 is 0 Å². The van der Waals surface area contributed by atoms with Crippen LogP contribution < -0.4 is 9.46 Å². The summed E-state index contributed by atoms with van der Waals surface area (Å²) in [5.41, 5.74) is 0. The average molecular weight is 373 g/mol. The number of methoxy groups -OCH3 is 1. The minimum absolute atomic E-state index is 0.0505. The van der Waals surface area contributed by atoms with E-state index in [-0.39, 0.29) is 15.7 Å². The number of aliphatic carboxylic acids is 1. The Balaban J connectivity index is 3.32. The van der Waals surface area contributed by atoms with Gasteiger partial charge in [0.1, 0.15) is 10.9 Å². The topological polar surface area (TPSA) is 92.7 Å². The average Bonchev–Trinajstić information content (AvgIpc) is 2.27. The maximum absolute atomic E-state index is 12.1. The Hall–Kier alpha value is -0.830. The maximum Gasteiger partial charge on any atom is 0.321 e. The number of sulfonamides is 1. The molecule has 0 bridgehead atoms. The lowest BCUT2D eigenvalue weighted by Gasteiger charge is -2.14. The second-order valence-corrected chi connectivity index (χ2v) is 6.57. The quantitative estimate of drug-likeness (QED) is 0.823. The zero-order valence-electron chi connectivity index (χ0n) is 9.98. The highest BCUT2D eigenvalue weighted by atomic mass is 79.9. The van der Waals surface area contributed by atoms with Gasteiger partial charge in [0, 0.05) is 5.02 Å². The van der Waals surface area contributed by atoms with Crippen LogP contribution in [0.3, 0.4) is 0 Å². The standard InChI is InChI=1S/C10H11BrClNO5S/c1-5(10(14)15)13-19(16,17)8-4-6(12)3-7(11)9(8)18-2/h3-5,13H,1-2H3,(H,14,15)/t5-/m1/s1. The molecule has 9 heteroatoms. The van der Waals surface area contributed by atoms with Gasteiger partial charge < -0.3 is 9.84 Å². The maximum atomic E-state index is 12.1. The third kappa shape index (κ3) is 3.82. The van der Waals surface area contributed by atoms with Crippen molar-refractivity contribution >= 4 is 43.5 Å². The number of carboxylic acid groups (broad SMARTS) is 1. The summed E-state index contributed by atoms with van der Waals surface area (Å²) in [7, 11) is -2.76. The number of halogens is 2. The van der Waals surface area contributed by atoms with Crippen molar-refractivity contribution in [3.05, 3.63) is 21.6 Å². The van der Waals surface area contributed by atoms with Crippen LogP contribution in [0.5, 0.6) is 5.75 Å². The molecule has 0 saturated carbocycles. The largest absolute Gasteiger partial charge is 0.494 e. The molecule has 1 atom stereocenters. The molecule has 1 aromatic carbocycles. The minimum Gasteiger partial charge on any atom is -0.494 e. The normalized spacial score (nSPS) is 13.1. The molecular weight excluding hydrogens is 362 g/mol. The van der Waals surface area contributed by atoms with Crippen molar-refractivity contribution < 1.29 is 23.1 Å². The predicted octanol–water partition coefficient (Wildman–Crippen LogP) is 1.86. The van der Waals surface area contributed by atoms with Crippen molar-refractivity contribution in [3.63, 3.8) is 0 Å². The SMILES string of the molecule is COc1c(Br)cc(Cl)cc1S(=O)(=O)N[C@H](C)C(=O)O. The predicted molar refractivity (Wildman–Crippen MR) is 73.1 cm³/mol. The summed E-state index contributed by atoms with van der Waals surface area (Å²) >= 11 is 8.92. The first kappa shape index (κ1) is 16.2. The smallest absolute Gasteiger partial charge is 0.321 e. The van der Waals surface area contributed by atoms with Crippen LogP contribution in [0.15, 0.2) is 21.5 Å². The Bertz CT molecular complexity index is 604. The number of hydrogen-bond acceptors (Lipinski definition) is 4. The van der Waals surface area contributed by atoms with Crippen LogP contribution in [-0.4, -0.2) is 32.6 Å². The zero-order valence-corrected chi connectivity index (χ0v) is 13.1. The van der Waals surface area contributed by atoms with Gasteiger partial charge in [0.15, 0.2) is 5.75 Å². The van der Waals surface area contributed by atoms with Gasteiger partial charge >= 0.3 is 5.97 Å². The summed E-state index contributed by atoms with van der Waals surface area (Å²) in [6, 6.07) is 1.38. The van der Waals surface area contributed by atoms with Crippen LogP contribution >= 0.6 is 27.5 Å². The van der Waals surface area contributed by atoms with Crippen LogP contribution in [0.1, 0.15) is 6.92 Å². The highest BCUT2D eigenvalue weighted by molar-refractivity contribution is 9.10. The van der Waals surface area contributed by atoms with Crippen molar-refractivity contribution in [2.45, 2.75) is 17.9 Å². The van der Waals surface area contributed by atoms with Gasteiger partial charge in [-0.1, -0.05) is 11.6 Å². The van der Waals surface area contributed by atoms with Gasteiger partial charge in [0.05, 0.1) is 11.6 Å². The summed E-state index contributed by atoms with van der Waals surface area (Å²) in [5, 5.41) is 8.91. The number of carboxylic acids is 1. The van der Waals surface area contributed by atoms with E-state index in [1.54, 1.807) is 0 Å². The van der Waals surface area contributed by atoms with Crippen molar-refractivity contribution in [3.8, 4) is 5.75 Å². The summed E-state index contributed by atoms with van der Waals surface area (Å²) in [6.07, 6.45) is 0. The molecule has 0 aliphatic carbocycles. The van der Waals surface area contributed by atoms with Crippen LogP contribution in [0, 0.1) is 0 Å². The molecule has 0 fully saturated rings. The fraction of sp³-hybridized carbons (Fsp3) is 0.300. The Morgan fingerprint density at radius 3 is 2.58 bits per heavy atom. The van der Waals surface area contributed by atoms with Crippen LogP contribution in [-0.2, 0) is 14.8 Å². The molecule has 0 radical (unpaired) electrons. The fourth-order valence-electron chi connectivity index (χ4n) is 1.28. The number of carbonyl (C=O) groups is 1. The zero-order chi connectivity index (χ0) is 14.8. The van der Waals surface area contributed by atoms with Gasteiger partial charge in [-0.15, -0.1) is 0 Å². The molecule has 0 aliphatic heterocycles. The van der Waals surface area contributed by atoms with Gasteiger partial charge in [-0.25, -0.2) is 8.42 Å². The Morgan fingerprint density at radius 2 is 2.11 bits per heavy atom. The molecule has 0 aromatic heterocycles. The van der Waals surface area contributed by atoms with E-state index < -0.39 is 22.0 Å². The molecule has 106 valence electrons. The highest BCUT2D eigenvalue weighted by Crippen LogP contribution is 2.35. The van der Waals surface area contributed by atoms with E-state index in [0.717, 1.165) is 0 Å². The molecule has 0 unspecified atom stereocenters. The molecular formula is C10H11BrClNO5S. The number of hydrogen-bond donors (Lipinski definition) is 2. The minimum atomic E-state index is -4.06. The van der Waals surface area contributed by atoms with E-state index in [1.165, 1.54) is 26.2 Å². The first-order valence-corrected chi connectivity index (χ1v) is 7.62. The van der Waals surface area contributed by atoms with Gasteiger partial charge in [0.25, 0.3) is 0 Å². The van der Waals surface area contributed by atoms with Gasteiger partial charge in [-0.3, -0.25) is 4.79 Å². The van der Waals surface area contributed by atoms with E-state index in [2.05, 4.69) is 15.9 Å². The lowest BCUT2D eigenvalue weighted by Crippen LogP contribution is -2.38. The molecule has 19 heavy (non-hydrogen) atoms. The first-order valence-electron chi connectivity index (χ1n) is 4.97. The third-order valence-corrected chi connectivity index (χ3v) is 4.52. The van der Waals surface area contributed by atoms with E-state index in [9.17, 15) is 13.2 Å². The summed E-state index contributed by atoms with van der Waals surface area (Å²) in [4.78, 5) is 10.5. The number of ether oxygens (including phenoxy) is 1. The Morgan fingerprint density at radius 1 is 1.53 bits per heavy atom. The lowest BCUT2D eigenvalue weighted by atomic mass is 10.3. The van der Waals surface area contributed by atoms with Crippen LogP contribution in [0.4, 0.5) is 0 Å². The van der Waals surface area contributed by atoms with E-state index in [0.29, 0.717) is 4.47 Å². The third-order valence-electron chi connectivity index (χ3n) is 2.17. The van der Waals surface area contributed by atoms with Gasteiger partial charge in [-0.05, 0) is 35.0 Å². The molecule has 0 heterocycles. The fourth-order valence-corrected chi connectivity index (χ4v) is 3.86. The summed E-state index contributed by atoms with van der Waals surface area (Å²) in [5.74, 6) is -1.24. The van der Waals surface area contributed by atoms with Gasteiger partial charge in [0.2, 0.25) is 10.0 Å². The van der Waals surface area contributed by atoms with Crippen LogP contribution in [0.25, 0.3) is 0 Å². The first-order chi connectivity index (χ1) is 8.69. The number of benzene rings is 1. The van der Waals surface area contributed by atoms with Gasteiger partial charge in [-0.2, -0.15) is 4.72 Å². The molecule has 0 saturated heterocycles. The van der Waals surface area contributed by atoms with E-state index in [4.69, 9.17) is 21.4 Å². The van der Waals surface area contributed by atoms with Crippen molar-refractivity contribution in [2.75, 3.05) is 7.11 Å². The van der Waals surface area contributed by atoms with Crippen LogP contribution in [0.2, 0.25) is 5.02 Å².